The molecule has 0 atom stereocenters. The maximum absolute atomic E-state index is 12.7. The number of hydrogen-bond donors (Lipinski definition) is 0. The summed E-state index contributed by atoms with van der Waals surface area (Å²) in [5.74, 6) is -0.288. The zero-order valence-electron chi connectivity index (χ0n) is 13.4. The summed E-state index contributed by atoms with van der Waals surface area (Å²) in [5.41, 5.74) is 0.279. The van der Waals surface area contributed by atoms with E-state index in [9.17, 15) is 13.2 Å². The predicted molar refractivity (Wildman–Crippen MR) is 95.7 cm³/mol. The SMILES string of the molecule is C=CCN(CC=C)C(=O)c1ccc(Cl)c(S(=O)(=O)N2CCCC2)c1. The monoisotopic (exact) mass is 368 g/mol. The molecule has 0 spiro atoms. The van der Waals surface area contributed by atoms with Crippen molar-refractivity contribution in [2.75, 3.05) is 26.2 Å². The zero-order valence-corrected chi connectivity index (χ0v) is 15.0. The molecule has 0 N–H and O–H groups in total. The van der Waals surface area contributed by atoms with E-state index >= 15 is 0 Å². The number of hydrogen-bond acceptors (Lipinski definition) is 3. The number of sulfonamides is 1. The second-order valence-corrected chi connectivity index (χ2v) is 7.86. The van der Waals surface area contributed by atoms with Crippen LogP contribution in [-0.4, -0.2) is 49.7 Å². The molecule has 0 aliphatic carbocycles. The Hall–Kier alpha value is -1.63. The van der Waals surface area contributed by atoms with Crippen molar-refractivity contribution in [1.82, 2.24) is 9.21 Å². The molecule has 1 fully saturated rings. The van der Waals surface area contributed by atoms with Crippen molar-refractivity contribution >= 4 is 27.5 Å². The fraction of sp³-hybridized carbons (Fsp3) is 0.353. The summed E-state index contributed by atoms with van der Waals surface area (Å²) >= 11 is 6.10. The van der Waals surface area contributed by atoms with Gasteiger partial charge in [-0.3, -0.25) is 4.79 Å². The first kappa shape index (κ1) is 18.7. The minimum absolute atomic E-state index is 0.0194. The van der Waals surface area contributed by atoms with Gasteiger partial charge in [0.15, 0.2) is 0 Å². The fourth-order valence-electron chi connectivity index (χ4n) is 2.64. The van der Waals surface area contributed by atoms with E-state index in [0.717, 1.165) is 12.8 Å². The molecule has 24 heavy (non-hydrogen) atoms. The lowest BCUT2D eigenvalue weighted by Gasteiger charge is -2.21. The third-order valence-electron chi connectivity index (χ3n) is 3.85. The van der Waals surface area contributed by atoms with Crippen LogP contribution in [0.1, 0.15) is 23.2 Å². The first-order valence-electron chi connectivity index (χ1n) is 7.72. The van der Waals surface area contributed by atoms with Crippen molar-refractivity contribution in [3.8, 4) is 0 Å². The van der Waals surface area contributed by atoms with E-state index in [4.69, 9.17) is 11.6 Å². The molecular formula is C17H21ClN2O3S. The Morgan fingerprint density at radius 3 is 2.33 bits per heavy atom. The molecule has 0 bridgehead atoms. The van der Waals surface area contributed by atoms with Crippen molar-refractivity contribution < 1.29 is 13.2 Å². The molecule has 1 aliphatic rings. The van der Waals surface area contributed by atoms with Crippen LogP contribution in [0.15, 0.2) is 48.4 Å². The molecule has 130 valence electrons. The third kappa shape index (κ3) is 3.88. The van der Waals surface area contributed by atoms with E-state index in [1.54, 1.807) is 12.2 Å². The van der Waals surface area contributed by atoms with Crippen molar-refractivity contribution in [2.45, 2.75) is 17.7 Å². The minimum atomic E-state index is -3.69. The number of rotatable bonds is 7. The van der Waals surface area contributed by atoms with Crippen molar-refractivity contribution in [3.63, 3.8) is 0 Å². The first-order chi connectivity index (χ1) is 11.4. The molecule has 5 nitrogen and oxygen atoms in total. The third-order valence-corrected chi connectivity index (χ3v) is 6.23. The van der Waals surface area contributed by atoms with Gasteiger partial charge in [-0.25, -0.2) is 8.42 Å². The molecule has 0 aromatic heterocycles. The van der Waals surface area contributed by atoms with Gasteiger partial charge in [-0.15, -0.1) is 13.2 Å². The topological polar surface area (TPSA) is 57.7 Å². The van der Waals surface area contributed by atoms with Gasteiger partial charge in [-0.1, -0.05) is 23.8 Å². The van der Waals surface area contributed by atoms with Gasteiger partial charge in [-0.2, -0.15) is 4.31 Å². The molecule has 2 rings (SSSR count). The summed E-state index contributed by atoms with van der Waals surface area (Å²) in [6, 6.07) is 4.35. The molecule has 0 unspecified atom stereocenters. The normalized spacial score (nSPS) is 15.2. The van der Waals surface area contributed by atoms with Gasteiger partial charge in [0, 0.05) is 31.7 Å². The second-order valence-electron chi connectivity index (χ2n) is 5.54. The number of benzene rings is 1. The minimum Gasteiger partial charge on any atom is -0.331 e. The van der Waals surface area contributed by atoms with Crippen LogP contribution in [0.2, 0.25) is 5.02 Å². The summed E-state index contributed by atoms with van der Waals surface area (Å²) in [5, 5.41) is 0.123. The Bertz CT molecular complexity index is 730. The van der Waals surface area contributed by atoms with Crippen molar-refractivity contribution in [1.29, 1.82) is 0 Å². The van der Waals surface area contributed by atoms with Gasteiger partial charge in [0.25, 0.3) is 5.91 Å². The molecule has 7 heteroatoms. The fourth-order valence-corrected chi connectivity index (χ4v) is 4.65. The highest BCUT2D eigenvalue weighted by atomic mass is 35.5. The maximum atomic E-state index is 12.7. The van der Waals surface area contributed by atoms with E-state index in [1.807, 2.05) is 0 Å². The van der Waals surface area contributed by atoms with Crippen LogP contribution in [-0.2, 0) is 10.0 Å². The lowest BCUT2D eigenvalue weighted by Crippen LogP contribution is -2.32. The Morgan fingerprint density at radius 2 is 1.79 bits per heavy atom. The number of halogens is 1. The number of carbonyl (C=O) groups is 1. The summed E-state index contributed by atoms with van der Waals surface area (Å²) in [4.78, 5) is 14.1. The van der Waals surface area contributed by atoms with Crippen LogP contribution < -0.4 is 0 Å². The highest BCUT2D eigenvalue weighted by Crippen LogP contribution is 2.28. The van der Waals surface area contributed by atoms with Crippen LogP contribution in [0.4, 0.5) is 0 Å². The summed E-state index contributed by atoms with van der Waals surface area (Å²) in [6.07, 6.45) is 4.89. The van der Waals surface area contributed by atoms with Gasteiger partial charge in [0.05, 0.1) is 5.02 Å². The largest absolute Gasteiger partial charge is 0.331 e. The Kier molecular flexibility index (Phi) is 6.21. The average molecular weight is 369 g/mol. The molecule has 1 saturated heterocycles. The van der Waals surface area contributed by atoms with Gasteiger partial charge in [-0.05, 0) is 31.0 Å². The lowest BCUT2D eigenvalue weighted by atomic mass is 10.2. The summed E-state index contributed by atoms with van der Waals surface area (Å²) in [7, 11) is -3.69. The average Bonchev–Trinajstić information content (AvgIpc) is 3.09. The molecule has 0 saturated carbocycles. The first-order valence-corrected chi connectivity index (χ1v) is 9.54. The number of nitrogens with zero attached hydrogens (tertiary/aromatic N) is 2. The summed E-state index contributed by atoms with van der Waals surface area (Å²) < 4.78 is 26.9. The predicted octanol–water partition coefficient (Wildman–Crippen LogP) is 2.94. The molecule has 0 radical (unpaired) electrons. The standard InChI is InChI=1S/C17H21ClN2O3S/c1-3-9-19(10-4-2)17(21)14-7-8-15(18)16(13-14)24(22,23)20-11-5-6-12-20/h3-4,7-8,13H,1-2,5-6,9-12H2. The molecule has 1 aliphatic heterocycles. The van der Waals surface area contributed by atoms with E-state index in [1.165, 1.54) is 27.4 Å². The van der Waals surface area contributed by atoms with E-state index < -0.39 is 10.0 Å². The highest BCUT2D eigenvalue weighted by molar-refractivity contribution is 7.89. The molecule has 1 aromatic carbocycles. The quantitative estimate of drug-likeness (QED) is 0.695. The van der Waals surface area contributed by atoms with Crippen molar-refractivity contribution in [3.05, 3.63) is 54.1 Å². The zero-order chi connectivity index (χ0) is 17.7. The maximum Gasteiger partial charge on any atom is 0.254 e. The second kappa shape index (κ2) is 7.96. The molecular weight excluding hydrogens is 348 g/mol. The number of amides is 1. The van der Waals surface area contributed by atoms with Crippen LogP contribution in [0.5, 0.6) is 0 Å². The van der Waals surface area contributed by atoms with Crippen LogP contribution in [0, 0.1) is 0 Å². The smallest absolute Gasteiger partial charge is 0.254 e. The van der Waals surface area contributed by atoms with E-state index in [2.05, 4.69) is 13.2 Å². The van der Waals surface area contributed by atoms with Crippen molar-refractivity contribution in [2.24, 2.45) is 0 Å². The van der Waals surface area contributed by atoms with Gasteiger partial charge < -0.3 is 4.90 Å². The van der Waals surface area contributed by atoms with E-state index in [-0.39, 0.29) is 21.4 Å². The molecule has 1 aromatic rings. The van der Waals surface area contributed by atoms with Crippen LogP contribution >= 0.6 is 11.6 Å². The number of carbonyl (C=O) groups excluding carboxylic acids is 1. The van der Waals surface area contributed by atoms with Gasteiger partial charge >= 0.3 is 0 Å². The van der Waals surface area contributed by atoms with Gasteiger partial charge in [0.1, 0.15) is 4.90 Å². The summed E-state index contributed by atoms with van der Waals surface area (Å²) in [6.45, 7) is 8.92. The van der Waals surface area contributed by atoms with E-state index in [0.29, 0.717) is 26.2 Å². The lowest BCUT2D eigenvalue weighted by molar-refractivity contribution is 0.0790. The molecule has 1 heterocycles. The van der Waals surface area contributed by atoms with Crippen LogP contribution in [0.3, 0.4) is 0 Å². The Morgan fingerprint density at radius 1 is 1.21 bits per heavy atom. The molecule has 1 amide bonds. The Balaban J connectivity index is 2.39. The Labute approximate surface area is 148 Å². The van der Waals surface area contributed by atoms with Gasteiger partial charge in [0.2, 0.25) is 10.0 Å². The van der Waals surface area contributed by atoms with Crippen LogP contribution in [0.25, 0.3) is 0 Å². The highest BCUT2D eigenvalue weighted by Gasteiger charge is 2.30.